The van der Waals surface area contributed by atoms with Crippen molar-refractivity contribution in [3.05, 3.63) is 29.8 Å². The second kappa shape index (κ2) is 6.35. The normalized spacial score (nSPS) is 21.3. The van der Waals surface area contributed by atoms with Crippen LogP contribution in [0.2, 0.25) is 0 Å². The van der Waals surface area contributed by atoms with Crippen LogP contribution in [0.1, 0.15) is 5.56 Å². The van der Waals surface area contributed by atoms with E-state index < -0.39 is 43.1 Å². The number of carboxylic acid groups (broad SMARTS) is 1. The number of hydrogen-bond donors (Lipinski definition) is 3. The van der Waals surface area contributed by atoms with Crippen molar-refractivity contribution in [3.8, 4) is 5.75 Å². The fourth-order valence-electron chi connectivity index (χ4n) is 2.51. The highest BCUT2D eigenvalue weighted by molar-refractivity contribution is 5.77. The Kier molecular flexibility index (Phi) is 4.67. The maximum atomic E-state index is 12.9. The van der Waals surface area contributed by atoms with Gasteiger partial charge in [0.15, 0.2) is 0 Å². The monoisotopic (exact) mass is 332 g/mol. The molecule has 1 fully saturated rings. The topological polar surface area (TPSA) is 89.9 Å². The average Bonchev–Trinajstić information content (AvgIpc) is 2.90. The van der Waals surface area contributed by atoms with Crippen molar-refractivity contribution in [2.24, 2.45) is 11.8 Å². The molecule has 9 heteroatoms. The number of nitrogens with one attached hydrogen (secondary N) is 1. The lowest BCUT2D eigenvalue weighted by atomic mass is 9.96. The van der Waals surface area contributed by atoms with Crippen molar-refractivity contribution in [3.63, 3.8) is 0 Å². The number of halogens is 3. The minimum absolute atomic E-state index is 0.000924. The van der Waals surface area contributed by atoms with E-state index in [9.17, 15) is 27.9 Å². The predicted molar refractivity (Wildman–Crippen MR) is 72.6 cm³/mol. The van der Waals surface area contributed by atoms with E-state index in [1.807, 2.05) is 0 Å². The van der Waals surface area contributed by atoms with Crippen LogP contribution in [-0.4, -0.2) is 46.4 Å². The molecule has 2 atom stereocenters. The molecular formula is C14H15F3N2O4. The first-order valence-corrected chi connectivity index (χ1v) is 6.78. The quantitative estimate of drug-likeness (QED) is 0.787. The molecule has 0 spiro atoms. The van der Waals surface area contributed by atoms with Gasteiger partial charge in [-0.25, -0.2) is 4.79 Å². The van der Waals surface area contributed by atoms with Gasteiger partial charge in [0, 0.05) is 19.6 Å². The maximum absolute atomic E-state index is 12.9. The molecule has 1 aliphatic heterocycles. The Bertz CT molecular complexity index is 606. The molecule has 0 radical (unpaired) electrons. The first-order valence-electron chi connectivity index (χ1n) is 6.78. The van der Waals surface area contributed by atoms with Gasteiger partial charge in [0.05, 0.1) is 11.8 Å². The number of phenolic OH excluding ortho intramolecular Hbond substituents is 1. The third kappa shape index (κ3) is 4.05. The van der Waals surface area contributed by atoms with Gasteiger partial charge in [0.25, 0.3) is 0 Å². The van der Waals surface area contributed by atoms with Gasteiger partial charge in [-0.15, -0.1) is 0 Å². The fraction of sp³-hybridized carbons (Fsp3) is 0.429. The summed E-state index contributed by atoms with van der Waals surface area (Å²) in [6, 6.07) is 5.27. The molecule has 1 saturated heterocycles. The number of likely N-dealkylation sites (tertiary alicyclic amines) is 1. The van der Waals surface area contributed by atoms with E-state index in [1.165, 1.54) is 12.1 Å². The van der Waals surface area contributed by atoms with Crippen LogP contribution < -0.4 is 5.32 Å². The van der Waals surface area contributed by atoms with Gasteiger partial charge in [-0.05, 0) is 17.7 Å². The number of nitrogens with zero attached hydrogens (tertiary/aromatic N) is 1. The summed E-state index contributed by atoms with van der Waals surface area (Å²) in [5, 5.41) is 20.6. The lowest BCUT2D eigenvalue weighted by molar-refractivity contribution is -0.187. The molecule has 2 rings (SSSR count). The number of aromatic hydroxyl groups is 1. The SMILES string of the molecule is O=C(O)[C@@H]1CN(C(=O)NCc2cccc(O)c2)C[C@H]1C(F)(F)F. The zero-order chi connectivity index (χ0) is 17.2. The molecule has 0 saturated carbocycles. The molecule has 2 amide bonds. The third-order valence-corrected chi connectivity index (χ3v) is 3.70. The van der Waals surface area contributed by atoms with Crippen molar-refractivity contribution in [2.75, 3.05) is 13.1 Å². The van der Waals surface area contributed by atoms with Crippen LogP contribution in [0.5, 0.6) is 5.75 Å². The van der Waals surface area contributed by atoms with Gasteiger partial charge in [-0.2, -0.15) is 13.2 Å². The molecule has 6 nitrogen and oxygen atoms in total. The minimum Gasteiger partial charge on any atom is -0.508 e. The maximum Gasteiger partial charge on any atom is 0.394 e. The van der Waals surface area contributed by atoms with Gasteiger partial charge in [-0.1, -0.05) is 12.1 Å². The first kappa shape index (κ1) is 16.9. The second-order valence-electron chi connectivity index (χ2n) is 5.33. The van der Waals surface area contributed by atoms with Crippen molar-refractivity contribution >= 4 is 12.0 Å². The van der Waals surface area contributed by atoms with E-state index >= 15 is 0 Å². The second-order valence-corrected chi connectivity index (χ2v) is 5.33. The van der Waals surface area contributed by atoms with E-state index in [0.29, 0.717) is 5.56 Å². The Labute approximate surface area is 129 Å². The summed E-state index contributed by atoms with van der Waals surface area (Å²) in [5.74, 6) is -5.32. The standard InChI is InChI=1S/C14H15F3N2O4/c15-14(16,17)11-7-19(6-10(11)12(21)22)13(23)18-5-8-2-1-3-9(20)4-8/h1-4,10-11,20H,5-7H2,(H,18,23)(H,21,22)/t10-,11-/m1/s1. The number of phenols is 1. The van der Waals surface area contributed by atoms with Crippen LogP contribution in [0.15, 0.2) is 24.3 Å². The number of alkyl halides is 3. The zero-order valence-corrected chi connectivity index (χ0v) is 11.9. The van der Waals surface area contributed by atoms with E-state index in [0.717, 1.165) is 4.90 Å². The van der Waals surface area contributed by atoms with Crippen LogP contribution in [0.3, 0.4) is 0 Å². The highest BCUT2D eigenvalue weighted by Crippen LogP contribution is 2.37. The molecule has 0 bridgehead atoms. The van der Waals surface area contributed by atoms with Crippen molar-refractivity contribution < 1.29 is 33.0 Å². The lowest BCUT2D eigenvalue weighted by Crippen LogP contribution is -2.39. The van der Waals surface area contributed by atoms with Crippen molar-refractivity contribution in [1.29, 1.82) is 0 Å². The van der Waals surface area contributed by atoms with Crippen LogP contribution in [-0.2, 0) is 11.3 Å². The van der Waals surface area contributed by atoms with Gasteiger partial charge < -0.3 is 20.4 Å². The Balaban J connectivity index is 1.99. The van der Waals surface area contributed by atoms with E-state index in [-0.39, 0.29) is 12.3 Å². The number of urea groups is 1. The summed E-state index contributed by atoms with van der Waals surface area (Å²) >= 11 is 0. The number of rotatable bonds is 3. The van der Waals surface area contributed by atoms with Crippen molar-refractivity contribution in [2.45, 2.75) is 12.7 Å². The summed E-state index contributed by atoms with van der Waals surface area (Å²) in [6.45, 7) is -1.17. The molecule has 0 aromatic heterocycles. The van der Waals surface area contributed by atoms with E-state index in [4.69, 9.17) is 5.11 Å². The number of carboxylic acids is 1. The zero-order valence-electron chi connectivity index (χ0n) is 11.9. The molecule has 126 valence electrons. The summed E-state index contributed by atoms with van der Waals surface area (Å²) in [7, 11) is 0. The van der Waals surface area contributed by atoms with E-state index in [1.54, 1.807) is 12.1 Å². The number of benzene rings is 1. The molecule has 1 aromatic rings. The van der Waals surface area contributed by atoms with Gasteiger partial charge in [-0.3, -0.25) is 4.79 Å². The summed E-state index contributed by atoms with van der Waals surface area (Å²) < 4.78 is 38.6. The molecule has 3 N–H and O–H groups in total. The molecular weight excluding hydrogens is 317 g/mol. The van der Waals surface area contributed by atoms with Crippen LogP contribution in [0, 0.1) is 11.8 Å². The Morgan fingerprint density at radius 2 is 2.00 bits per heavy atom. The number of carbonyl (C=O) groups excluding carboxylic acids is 1. The fourth-order valence-corrected chi connectivity index (χ4v) is 2.51. The third-order valence-electron chi connectivity index (χ3n) is 3.70. The van der Waals surface area contributed by atoms with E-state index in [2.05, 4.69) is 5.32 Å². The van der Waals surface area contributed by atoms with Gasteiger partial charge in [0.1, 0.15) is 5.75 Å². The minimum atomic E-state index is -4.68. The van der Waals surface area contributed by atoms with Crippen LogP contribution in [0.25, 0.3) is 0 Å². The number of hydrogen-bond acceptors (Lipinski definition) is 3. The molecule has 1 aromatic carbocycles. The highest BCUT2D eigenvalue weighted by atomic mass is 19.4. The van der Waals surface area contributed by atoms with Gasteiger partial charge in [0.2, 0.25) is 0 Å². The molecule has 0 aliphatic carbocycles. The molecule has 1 heterocycles. The Hall–Kier alpha value is -2.45. The number of aliphatic carboxylic acids is 1. The van der Waals surface area contributed by atoms with Crippen molar-refractivity contribution in [1.82, 2.24) is 10.2 Å². The number of amides is 2. The molecule has 0 unspecified atom stereocenters. The summed E-state index contributed by atoms with van der Waals surface area (Å²) in [6.07, 6.45) is -4.68. The molecule has 1 aliphatic rings. The average molecular weight is 332 g/mol. The van der Waals surface area contributed by atoms with Crippen LogP contribution >= 0.6 is 0 Å². The Morgan fingerprint density at radius 1 is 1.30 bits per heavy atom. The predicted octanol–water partition coefficient (Wildman–Crippen LogP) is 1.80. The van der Waals surface area contributed by atoms with Crippen LogP contribution in [0.4, 0.5) is 18.0 Å². The largest absolute Gasteiger partial charge is 0.508 e. The lowest BCUT2D eigenvalue weighted by Gasteiger charge is -2.18. The first-order chi connectivity index (χ1) is 10.7. The summed E-state index contributed by atoms with van der Waals surface area (Å²) in [4.78, 5) is 23.7. The van der Waals surface area contributed by atoms with Gasteiger partial charge >= 0.3 is 18.2 Å². The smallest absolute Gasteiger partial charge is 0.394 e. The Morgan fingerprint density at radius 3 is 2.52 bits per heavy atom. The summed E-state index contributed by atoms with van der Waals surface area (Å²) in [5.41, 5.74) is 0.569. The highest BCUT2D eigenvalue weighted by Gasteiger charge is 2.53. The number of carbonyl (C=O) groups is 2. The molecule has 23 heavy (non-hydrogen) atoms.